The Morgan fingerprint density at radius 2 is 1.69 bits per heavy atom. The molecule has 2 aromatic rings. The van der Waals surface area contributed by atoms with Crippen molar-refractivity contribution < 1.29 is 4.79 Å². The normalized spacial score (nSPS) is 12.6. The standard InChI is InChI=1S/C24H27BrClN3O.C3H8.3C2H6/c1-16(13-21-17(2)27-10-7-22(21)25)15-29-11-8-18(9-12-29)20-6-5-19(14-23(20)26)24(30)28(3)4;1-3-2;3*1-2/h5-8,10,13-14H,9,11-12,15H2,1-4H3;3H2,1-2H3;3*1-2H3/b16-13+;;;;. The smallest absolute Gasteiger partial charge is 0.253 e. The van der Waals surface area contributed by atoms with Gasteiger partial charge in [0.2, 0.25) is 0 Å². The number of aryl methyl sites for hydroxylation is 1. The van der Waals surface area contributed by atoms with E-state index in [-0.39, 0.29) is 5.91 Å². The molecule has 0 bridgehead atoms. The van der Waals surface area contributed by atoms with E-state index in [2.05, 4.69) is 58.7 Å². The van der Waals surface area contributed by atoms with Crippen LogP contribution in [0, 0.1) is 6.92 Å². The van der Waals surface area contributed by atoms with Crippen molar-refractivity contribution in [3.05, 3.63) is 74.0 Å². The van der Waals surface area contributed by atoms with Crippen LogP contribution in [0.3, 0.4) is 0 Å². The van der Waals surface area contributed by atoms with E-state index in [1.807, 2.05) is 72.9 Å². The first-order valence-corrected chi connectivity index (χ1v) is 15.6. The maximum Gasteiger partial charge on any atom is 0.253 e. The average Bonchev–Trinajstić information content (AvgIpc) is 2.94. The number of aromatic nitrogens is 1. The van der Waals surface area contributed by atoms with Gasteiger partial charge < -0.3 is 4.90 Å². The van der Waals surface area contributed by atoms with E-state index in [4.69, 9.17) is 11.6 Å². The van der Waals surface area contributed by atoms with Gasteiger partial charge in [0.05, 0.1) is 0 Å². The Morgan fingerprint density at radius 3 is 2.15 bits per heavy atom. The zero-order chi connectivity index (χ0) is 30.5. The number of nitrogens with zero attached hydrogens (tertiary/aromatic N) is 3. The van der Waals surface area contributed by atoms with Crippen molar-refractivity contribution in [1.82, 2.24) is 14.8 Å². The van der Waals surface area contributed by atoms with Crippen LogP contribution in [0.25, 0.3) is 11.6 Å². The second-order valence-electron chi connectivity index (χ2n) is 8.60. The summed E-state index contributed by atoms with van der Waals surface area (Å²) in [6.45, 7) is 23.2. The fraction of sp³-hybridized carbons (Fsp3) is 0.515. The van der Waals surface area contributed by atoms with Crippen LogP contribution in [-0.4, -0.2) is 54.4 Å². The summed E-state index contributed by atoms with van der Waals surface area (Å²) in [5.41, 5.74) is 6.34. The van der Waals surface area contributed by atoms with Gasteiger partial charge in [-0.25, -0.2) is 0 Å². The molecule has 0 N–H and O–H groups in total. The van der Waals surface area contributed by atoms with Crippen LogP contribution in [0.4, 0.5) is 0 Å². The topological polar surface area (TPSA) is 36.4 Å². The number of hydrogen-bond donors (Lipinski definition) is 0. The lowest BCUT2D eigenvalue weighted by atomic mass is 9.97. The monoisotopic (exact) mass is 621 g/mol. The molecule has 0 saturated carbocycles. The van der Waals surface area contributed by atoms with Gasteiger partial charge in [-0.3, -0.25) is 14.7 Å². The molecule has 2 heterocycles. The fourth-order valence-electron chi connectivity index (χ4n) is 3.63. The minimum atomic E-state index is -0.0370. The molecule has 4 nitrogen and oxygen atoms in total. The Labute approximate surface area is 253 Å². The van der Waals surface area contributed by atoms with E-state index in [0.717, 1.165) is 47.3 Å². The number of rotatable bonds is 5. The number of halogens is 2. The van der Waals surface area contributed by atoms with Crippen LogP contribution in [0.1, 0.15) is 102 Å². The fourth-order valence-corrected chi connectivity index (χ4v) is 4.45. The summed E-state index contributed by atoms with van der Waals surface area (Å²) in [5.74, 6) is -0.0370. The van der Waals surface area contributed by atoms with Gasteiger partial charge in [-0.1, -0.05) is 113 Å². The zero-order valence-corrected chi connectivity index (χ0v) is 28.9. The Hall–Kier alpha value is -1.95. The Balaban J connectivity index is 0. The molecule has 39 heavy (non-hydrogen) atoms. The highest BCUT2D eigenvalue weighted by atomic mass is 79.9. The molecule has 220 valence electrons. The largest absolute Gasteiger partial charge is 0.345 e. The quantitative estimate of drug-likeness (QED) is 0.333. The van der Waals surface area contributed by atoms with Crippen molar-refractivity contribution in [3.63, 3.8) is 0 Å². The molecule has 1 aromatic carbocycles. The van der Waals surface area contributed by atoms with Crippen molar-refractivity contribution in [3.8, 4) is 0 Å². The molecule has 3 rings (SSSR count). The van der Waals surface area contributed by atoms with Crippen LogP contribution in [-0.2, 0) is 0 Å². The van der Waals surface area contributed by atoms with Crippen molar-refractivity contribution in [1.29, 1.82) is 0 Å². The molecule has 0 fully saturated rings. The summed E-state index contributed by atoms with van der Waals surface area (Å²) in [7, 11) is 3.49. The number of hydrogen-bond acceptors (Lipinski definition) is 3. The zero-order valence-electron chi connectivity index (χ0n) is 26.6. The van der Waals surface area contributed by atoms with E-state index < -0.39 is 0 Å². The Kier molecular flexibility index (Phi) is 22.9. The van der Waals surface area contributed by atoms with Crippen LogP contribution in [0.2, 0.25) is 5.02 Å². The lowest BCUT2D eigenvalue weighted by Crippen LogP contribution is -2.30. The minimum absolute atomic E-state index is 0.0370. The highest BCUT2D eigenvalue weighted by Crippen LogP contribution is 2.30. The highest BCUT2D eigenvalue weighted by molar-refractivity contribution is 9.10. The maximum atomic E-state index is 12.1. The molecule has 0 aliphatic carbocycles. The number of carbonyl (C=O) groups excluding carboxylic acids is 1. The SMILES string of the molecule is C/C(=C\c1c(Br)ccnc1C)CN1CC=C(c2ccc(C(=O)N(C)C)cc2Cl)CC1.CC.CC.CC.CCC. The number of pyridine rings is 1. The third kappa shape index (κ3) is 13.8. The molecule has 1 aliphatic heterocycles. The maximum absolute atomic E-state index is 12.1. The molecule has 1 aromatic heterocycles. The van der Waals surface area contributed by atoms with Crippen LogP contribution < -0.4 is 0 Å². The molecule has 0 atom stereocenters. The van der Waals surface area contributed by atoms with E-state index in [0.29, 0.717) is 10.6 Å². The van der Waals surface area contributed by atoms with Gasteiger partial charge >= 0.3 is 0 Å². The van der Waals surface area contributed by atoms with Crippen molar-refractivity contribution in [2.75, 3.05) is 33.7 Å². The summed E-state index contributed by atoms with van der Waals surface area (Å²) in [4.78, 5) is 20.5. The van der Waals surface area contributed by atoms with Crippen LogP contribution >= 0.6 is 27.5 Å². The van der Waals surface area contributed by atoms with E-state index >= 15 is 0 Å². The van der Waals surface area contributed by atoms with E-state index in [1.165, 1.54) is 17.6 Å². The first kappa shape index (κ1) is 39.2. The first-order valence-electron chi connectivity index (χ1n) is 14.4. The van der Waals surface area contributed by atoms with Crippen molar-refractivity contribution in [2.24, 2.45) is 0 Å². The molecule has 1 aliphatic rings. The van der Waals surface area contributed by atoms with Gasteiger partial charge in [0.1, 0.15) is 0 Å². The summed E-state index contributed by atoms with van der Waals surface area (Å²) in [5, 5.41) is 0.635. The third-order valence-electron chi connectivity index (χ3n) is 5.26. The first-order chi connectivity index (χ1) is 18.7. The summed E-state index contributed by atoms with van der Waals surface area (Å²) >= 11 is 10.1. The third-order valence-corrected chi connectivity index (χ3v) is 6.27. The van der Waals surface area contributed by atoms with E-state index in [9.17, 15) is 4.79 Å². The summed E-state index contributed by atoms with van der Waals surface area (Å²) in [6, 6.07) is 7.57. The molecular weight excluding hydrogens is 570 g/mol. The molecule has 1 amide bonds. The highest BCUT2D eigenvalue weighted by Gasteiger charge is 2.17. The predicted molar refractivity (Wildman–Crippen MR) is 179 cm³/mol. The lowest BCUT2D eigenvalue weighted by Gasteiger charge is -2.27. The van der Waals surface area contributed by atoms with Gasteiger partial charge in [-0.15, -0.1) is 0 Å². The van der Waals surface area contributed by atoms with Gasteiger partial charge in [0.15, 0.2) is 0 Å². The van der Waals surface area contributed by atoms with Gasteiger partial charge in [0, 0.05) is 66.2 Å². The second kappa shape index (κ2) is 22.8. The van der Waals surface area contributed by atoms with Gasteiger partial charge in [0.25, 0.3) is 5.91 Å². The van der Waals surface area contributed by atoms with E-state index in [1.54, 1.807) is 25.1 Å². The Morgan fingerprint density at radius 1 is 1.10 bits per heavy atom. The van der Waals surface area contributed by atoms with Gasteiger partial charge in [-0.2, -0.15) is 0 Å². The Bertz CT molecular complexity index is 1010. The lowest BCUT2D eigenvalue weighted by molar-refractivity contribution is 0.0827. The predicted octanol–water partition coefficient (Wildman–Crippen LogP) is 10.2. The van der Waals surface area contributed by atoms with Gasteiger partial charge in [-0.05, 0) is 49.6 Å². The number of benzene rings is 1. The molecule has 0 radical (unpaired) electrons. The average molecular weight is 623 g/mol. The summed E-state index contributed by atoms with van der Waals surface area (Å²) in [6.07, 6.45) is 8.46. The molecule has 0 saturated heterocycles. The van der Waals surface area contributed by atoms with Crippen molar-refractivity contribution >= 4 is 45.1 Å². The summed E-state index contributed by atoms with van der Waals surface area (Å²) < 4.78 is 1.07. The molecular formula is C33H53BrClN3O. The van der Waals surface area contributed by atoms with Crippen LogP contribution in [0.15, 0.2) is 46.6 Å². The molecule has 0 spiro atoms. The van der Waals surface area contributed by atoms with Crippen molar-refractivity contribution in [2.45, 2.75) is 82.1 Å². The molecule has 0 unspecified atom stereocenters. The number of amides is 1. The number of carbonyl (C=O) groups is 1. The minimum Gasteiger partial charge on any atom is -0.345 e. The van der Waals surface area contributed by atoms with Crippen LogP contribution in [0.5, 0.6) is 0 Å². The molecule has 6 heteroatoms. The second-order valence-corrected chi connectivity index (χ2v) is 9.86.